The quantitative estimate of drug-likeness (QED) is 0.162. The van der Waals surface area contributed by atoms with E-state index in [4.69, 9.17) is 17.0 Å². The number of benzene rings is 4. The summed E-state index contributed by atoms with van der Waals surface area (Å²) >= 11 is -3.94. The van der Waals surface area contributed by atoms with Gasteiger partial charge in [-0.05, 0) is 0 Å². The molecule has 0 saturated heterocycles. The van der Waals surface area contributed by atoms with Crippen LogP contribution in [0.25, 0.3) is 28.3 Å². The van der Waals surface area contributed by atoms with Gasteiger partial charge in [0.2, 0.25) is 0 Å². The van der Waals surface area contributed by atoms with Crippen molar-refractivity contribution in [1.29, 1.82) is 0 Å². The Balaban J connectivity index is 1.53. The third kappa shape index (κ3) is 4.56. The summed E-state index contributed by atoms with van der Waals surface area (Å²) in [6.07, 6.45) is 5.67. The fourth-order valence-electron chi connectivity index (χ4n) is 6.67. The van der Waals surface area contributed by atoms with Crippen LogP contribution in [0.5, 0.6) is 0 Å². The SMILES string of the molecule is CCCC1=Cc2c(ccc(CC(C)C)c2-c2ccccc2)[CH]1[Zr]([Cl])([Cl])[c]1cccc2c1[SiH2]c1ccccc1-2. The molecule has 4 aromatic carbocycles. The molecular formula is C34H34Cl2SiZr. The van der Waals surface area contributed by atoms with E-state index in [0.717, 1.165) is 19.3 Å². The van der Waals surface area contributed by atoms with E-state index >= 15 is 0 Å². The molecule has 4 heteroatoms. The molecule has 2 aliphatic rings. The first-order valence-electron chi connectivity index (χ1n) is 13.9. The van der Waals surface area contributed by atoms with Crippen LogP contribution in [0, 0.1) is 5.92 Å². The first-order chi connectivity index (χ1) is 18.4. The molecule has 38 heavy (non-hydrogen) atoms. The fourth-order valence-corrected chi connectivity index (χ4v) is 23.5. The Morgan fingerprint density at radius 3 is 2.34 bits per heavy atom. The molecule has 192 valence electrons. The minimum absolute atomic E-state index is 0.141. The molecule has 4 aromatic rings. The fraction of sp³-hybridized carbons (Fsp3) is 0.235. The molecule has 1 unspecified atom stereocenters. The number of rotatable bonds is 7. The van der Waals surface area contributed by atoms with E-state index in [-0.39, 0.29) is 3.63 Å². The number of halogens is 2. The first kappa shape index (κ1) is 26.5. The van der Waals surface area contributed by atoms with Crippen LogP contribution < -0.4 is 13.6 Å². The molecular weight excluding hydrogens is 599 g/mol. The molecule has 1 aliphatic heterocycles. The molecule has 1 atom stereocenters. The summed E-state index contributed by atoms with van der Waals surface area (Å²) in [4.78, 5) is 0. The second kappa shape index (κ2) is 10.7. The topological polar surface area (TPSA) is 0 Å². The summed E-state index contributed by atoms with van der Waals surface area (Å²) in [5.74, 6) is 0.588. The molecule has 0 spiro atoms. The Morgan fingerprint density at radius 2 is 1.58 bits per heavy atom. The number of hydrogen-bond donors (Lipinski definition) is 0. The minimum atomic E-state index is -3.94. The van der Waals surface area contributed by atoms with Gasteiger partial charge in [-0.1, -0.05) is 0 Å². The van der Waals surface area contributed by atoms with Gasteiger partial charge in [0.25, 0.3) is 0 Å². The normalized spacial score (nSPS) is 16.5. The van der Waals surface area contributed by atoms with Crippen molar-refractivity contribution in [2.75, 3.05) is 0 Å². The van der Waals surface area contributed by atoms with Crippen molar-refractivity contribution in [3.63, 3.8) is 0 Å². The summed E-state index contributed by atoms with van der Waals surface area (Å²) in [5.41, 5.74) is 11.0. The van der Waals surface area contributed by atoms with E-state index in [2.05, 4.69) is 112 Å². The van der Waals surface area contributed by atoms with Gasteiger partial charge in [0.15, 0.2) is 0 Å². The van der Waals surface area contributed by atoms with Crippen LogP contribution in [0.1, 0.15) is 53.9 Å². The van der Waals surface area contributed by atoms with E-state index in [0.29, 0.717) is 5.92 Å². The van der Waals surface area contributed by atoms with Crippen molar-refractivity contribution in [3.8, 4) is 22.3 Å². The van der Waals surface area contributed by atoms with Gasteiger partial charge in [-0.25, -0.2) is 0 Å². The van der Waals surface area contributed by atoms with Crippen LogP contribution in [0.4, 0.5) is 0 Å². The molecule has 1 heterocycles. The van der Waals surface area contributed by atoms with Gasteiger partial charge in [0.1, 0.15) is 0 Å². The van der Waals surface area contributed by atoms with Crippen LogP contribution in [-0.2, 0) is 24.3 Å². The van der Waals surface area contributed by atoms with Crippen molar-refractivity contribution in [1.82, 2.24) is 0 Å². The summed E-state index contributed by atoms with van der Waals surface area (Å²) < 4.78 is 1.46. The van der Waals surface area contributed by atoms with Crippen molar-refractivity contribution >= 4 is 46.3 Å². The van der Waals surface area contributed by atoms with Crippen molar-refractivity contribution in [2.24, 2.45) is 5.92 Å². The maximum atomic E-state index is 7.83. The van der Waals surface area contributed by atoms with Crippen LogP contribution in [0.3, 0.4) is 0 Å². The van der Waals surface area contributed by atoms with E-state index in [9.17, 15) is 0 Å². The second-order valence-electron chi connectivity index (χ2n) is 11.3. The molecule has 0 fully saturated rings. The zero-order chi connectivity index (χ0) is 26.4. The van der Waals surface area contributed by atoms with Gasteiger partial charge >= 0.3 is 243 Å². The van der Waals surface area contributed by atoms with E-state index < -0.39 is 27.4 Å². The summed E-state index contributed by atoms with van der Waals surface area (Å²) in [7, 11) is 15.1. The first-order valence-corrected chi connectivity index (χ1v) is 24.3. The molecule has 0 nitrogen and oxygen atoms in total. The third-order valence-electron chi connectivity index (χ3n) is 8.18. The van der Waals surface area contributed by atoms with Crippen molar-refractivity contribution in [2.45, 2.75) is 43.7 Å². The number of hydrogen-bond acceptors (Lipinski definition) is 0. The van der Waals surface area contributed by atoms with Crippen LogP contribution in [0.2, 0.25) is 0 Å². The molecule has 0 N–H and O–H groups in total. The van der Waals surface area contributed by atoms with Gasteiger partial charge < -0.3 is 0 Å². The van der Waals surface area contributed by atoms with Crippen LogP contribution >= 0.6 is 17.0 Å². The Kier molecular flexibility index (Phi) is 7.47. The molecule has 1 aliphatic carbocycles. The van der Waals surface area contributed by atoms with Gasteiger partial charge in [0.05, 0.1) is 0 Å². The van der Waals surface area contributed by atoms with Crippen molar-refractivity contribution < 1.29 is 17.9 Å². The molecule has 6 rings (SSSR count). The van der Waals surface area contributed by atoms with Gasteiger partial charge in [-0.2, -0.15) is 0 Å². The Morgan fingerprint density at radius 1 is 0.842 bits per heavy atom. The van der Waals surface area contributed by atoms with Crippen LogP contribution in [0.15, 0.2) is 90.5 Å². The standard InChI is InChI=1S/C22H25.C12H9Si.2ClH.Zr/c1-4-8-17-14-19-11-12-20(13-16(2)3)22(21(19)15-17)18-9-6-5-7-10-18;1-3-7-11-9(5-1)10-6-2-4-8-12(10)13-11;;;/h5-7,9-12,14-16H,4,8,13H2,1-3H3;1-7H,13H2;2*1H;/q;;;;+2/p-2. The summed E-state index contributed by atoms with van der Waals surface area (Å²) in [6, 6.07) is 31.3. The Hall–Kier alpha value is -1.70. The van der Waals surface area contributed by atoms with E-state index in [1.807, 2.05) is 0 Å². The summed E-state index contributed by atoms with van der Waals surface area (Å²) in [6.45, 7) is 6.88. The van der Waals surface area contributed by atoms with Gasteiger partial charge in [-0.15, -0.1) is 0 Å². The molecule has 0 radical (unpaired) electrons. The van der Waals surface area contributed by atoms with E-state index in [1.165, 1.54) is 58.2 Å². The second-order valence-corrected chi connectivity index (χ2v) is 27.1. The predicted octanol–water partition coefficient (Wildman–Crippen LogP) is 7.68. The summed E-state index contributed by atoms with van der Waals surface area (Å²) in [5, 5.41) is 3.02. The third-order valence-corrected chi connectivity index (χ3v) is 22.5. The number of allylic oxidation sites excluding steroid dienone is 1. The molecule has 0 bridgehead atoms. The van der Waals surface area contributed by atoms with Crippen LogP contribution in [-0.4, -0.2) is 9.52 Å². The maximum absolute atomic E-state index is 7.83. The van der Waals surface area contributed by atoms with Gasteiger partial charge in [0, 0.05) is 0 Å². The van der Waals surface area contributed by atoms with E-state index in [1.54, 1.807) is 0 Å². The molecule has 0 aromatic heterocycles. The zero-order valence-corrected chi connectivity index (χ0v) is 27.8. The average molecular weight is 633 g/mol. The Bertz CT molecular complexity index is 1540. The number of fused-ring (bicyclic) bond motifs is 4. The average Bonchev–Trinajstić information content (AvgIpc) is 3.47. The predicted molar refractivity (Wildman–Crippen MR) is 167 cm³/mol. The van der Waals surface area contributed by atoms with Crippen molar-refractivity contribution in [3.05, 3.63) is 107 Å². The Labute approximate surface area is 241 Å². The van der Waals surface area contributed by atoms with Gasteiger partial charge in [-0.3, -0.25) is 0 Å². The molecule has 0 amide bonds. The molecule has 0 saturated carbocycles. The monoisotopic (exact) mass is 630 g/mol. The zero-order valence-electron chi connectivity index (χ0n) is 22.4.